The summed E-state index contributed by atoms with van der Waals surface area (Å²) in [6.07, 6.45) is 0.908. The van der Waals surface area contributed by atoms with Gasteiger partial charge in [-0.15, -0.1) is 0 Å². The summed E-state index contributed by atoms with van der Waals surface area (Å²) in [6, 6.07) is 12.4. The van der Waals surface area contributed by atoms with Gasteiger partial charge in [0.2, 0.25) is 5.91 Å². The number of fused-ring (bicyclic) bond motifs is 1. The summed E-state index contributed by atoms with van der Waals surface area (Å²) < 4.78 is 0.975. The Bertz CT molecular complexity index is 848. The zero-order valence-corrected chi connectivity index (χ0v) is 16.8. The summed E-state index contributed by atoms with van der Waals surface area (Å²) in [5.74, 6) is 0.244. The van der Waals surface area contributed by atoms with Crippen LogP contribution < -0.4 is 10.2 Å². The van der Waals surface area contributed by atoms with Crippen LogP contribution >= 0.6 is 15.9 Å². The zero-order chi connectivity index (χ0) is 18.8. The molecule has 0 radical (unpaired) electrons. The van der Waals surface area contributed by atoms with Crippen molar-refractivity contribution in [3.63, 3.8) is 0 Å². The van der Waals surface area contributed by atoms with E-state index in [0.29, 0.717) is 18.0 Å². The minimum atomic E-state index is -0.633. The van der Waals surface area contributed by atoms with Gasteiger partial charge in [0.05, 0.1) is 0 Å². The van der Waals surface area contributed by atoms with E-state index in [4.69, 9.17) is 0 Å². The molecule has 4 nitrogen and oxygen atoms in total. The van der Waals surface area contributed by atoms with E-state index in [2.05, 4.69) is 35.1 Å². The van der Waals surface area contributed by atoms with Gasteiger partial charge in [-0.3, -0.25) is 14.5 Å². The molecule has 1 aliphatic rings. The van der Waals surface area contributed by atoms with E-state index in [1.807, 2.05) is 43.3 Å². The van der Waals surface area contributed by atoms with Crippen molar-refractivity contribution in [3.05, 3.63) is 63.6 Å². The van der Waals surface area contributed by atoms with Crippen LogP contribution in [-0.2, 0) is 4.79 Å². The van der Waals surface area contributed by atoms with Crippen molar-refractivity contribution in [2.75, 3.05) is 11.4 Å². The molecular weight excluding hydrogens is 392 g/mol. The van der Waals surface area contributed by atoms with E-state index in [0.717, 1.165) is 27.7 Å². The standard InChI is InChI=1S/C21H23BrN2O2/c1-13(2)10-11-23-20(25)19-16-6-4-5-7-17(16)21(26)24(19)15-8-9-18(22)14(3)12-15/h4-9,12-13,19H,10-11H2,1-3H3,(H,23,25). The molecule has 2 aromatic carbocycles. The second-order valence-corrected chi connectivity index (χ2v) is 7.93. The number of rotatable bonds is 5. The number of hydrogen-bond donors (Lipinski definition) is 1. The predicted octanol–water partition coefficient (Wildman–Crippen LogP) is 4.62. The van der Waals surface area contributed by atoms with E-state index in [1.54, 1.807) is 11.0 Å². The van der Waals surface area contributed by atoms with E-state index < -0.39 is 6.04 Å². The van der Waals surface area contributed by atoms with Gasteiger partial charge >= 0.3 is 0 Å². The smallest absolute Gasteiger partial charge is 0.259 e. The lowest BCUT2D eigenvalue weighted by Crippen LogP contribution is -2.39. The number of benzene rings is 2. The van der Waals surface area contributed by atoms with E-state index in [9.17, 15) is 9.59 Å². The number of anilines is 1. The molecule has 26 heavy (non-hydrogen) atoms. The molecule has 2 aromatic rings. The van der Waals surface area contributed by atoms with Crippen LogP contribution in [0.1, 0.15) is 47.8 Å². The van der Waals surface area contributed by atoms with Crippen LogP contribution in [0.3, 0.4) is 0 Å². The maximum atomic E-state index is 13.0. The van der Waals surface area contributed by atoms with Gasteiger partial charge in [0, 0.05) is 22.3 Å². The second kappa shape index (κ2) is 7.62. The third-order valence-corrected chi connectivity index (χ3v) is 5.54. The maximum absolute atomic E-state index is 13.0. The molecule has 0 saturated carbocycles. The van der Waals surface area contributed by atoms with Crippen molar-refractivity contribution in [1.82, 2.24) is 5.32 Å². The fraction of sp³-hybridized carbons (Fsp3) is 0.333. The average Bonchev–Trinajstić information content (AvgIpc) is 2.90. The normalized spacial score (nSPS) is 16.1. The number of nitrogens with one attached hydrogen (secondary N) is 1. The molecule has 1 atom stereocenters. The predicted molar refractivity (Wildman–Crippen MR) is 107 cm³/mol. The number of carbonyl (C=O) groups is 2. The number of hydrogen-bond acceptors (Lipinski definition) is 2. The number of amides is 2. The monoisotopic (exact) mass is 414 g/mol. The molecule has 5 heteroatoms. The Labute approximate surface area is 162 Å². The minimum absolute atomic E-state index is 0.133. The minimum Gasteiger partial charge on any atom is -0.354 e. The molecule has 1 N–H and O–H groups in total. The summed E-state index contributed by atoms with van der Waals surface area (Å²) in [5, 5.41) is 3.00. The fourth-order valence-corrected chi connectivity index (χ4v) is 3.45. The van der Waals surface area contributed by atoms with Crippen LogP contribution in [0.15, 0.2) is 46.9 Å². The molecule has 0 saturated heterocycles. The molecule has 3 rings (SSSR count). The molecule has 136 valence electrons. The SMILES string of the molecule is Cc1cc(N2C(=O)c3ccccc3C2C(=O)NCCC(C)C)ccc1Br. The van der Waals surface area contributed by atoms with Crippen molar-refractivity contribution < 1.29 is 9.59 Å². The first-order valence-electron chi connectivity index (χ1n) is 8.86. The molecule has 0 aromatic heterocycles. The van der Waals surface area contributed by atoms with E-state index in [-0.39, 0.29) is 11.8 Å². The van der Waals surface area contributed by atoms with Gasteiger partial charge in [-0.1, -0.05) is 48.0 Å². The lowest BCUT2D eigenvalue weighted by Gasteiger charge is -2.25. The van der Waals surface area contributed by atoms with Crippen LogP contribution in [0, 0.1) is 12.8 Å². The molecule has 0 spiro atoms. The molecule has 2 amide bonds. The van der Waals surface area contributed by atoms with Crippen molar-refractivity contribution in [3.8, 4) is 0 Å². The molecule has 1 unspecified atom stereocenters. The van der Waals surface area contributed by atoms with Gasteiger partial charge in [0.25, 0.3) is 5.91 Å². The van der Waals surface area contributed by atoms with Gasteiger partial charge in [0.1, 0.15) is 6.04 Å². The zero-order valence-electron chi connectivity index (χ0n) is 15.3. The summed E-state index contributed by atoms with van der Waals surface area (Å²) in [4.78, 5) is 27.6. The van der Waals surface area contributed by atoms with Crippen molar-refractivity contribution >= 4 is 33.4 Å². The lowest BCUT2D eigenvalue weighted by atomic mass is 10.0. The number of nitrogens with zero attached hydrogens (tertiary/aromatic N) is 1. The summed E-state index contributed by atoms with van der Waals surface area (Å²) in [5.41, 5.74) is 3.11. The maximum Gasteiger partial charge on any atom is 0.259 e. The Morgan fingerprint density at radius 3 is 2.65 bits per heavy atom. The first kappa shape index (κ1) is 18.6. The van der Waals surface area contributed by atoms with E-state index in [1.165, 1.54) is 0 Å². The topological polar surface area (TPSA) is 49.4 Å². The highest BCUT2D eigenvalue weighted by molar-refractivity contribution is 9.10. The number of carbonyl (C=O) groups excluding carboxylic acids is 2. The molecule has 1 heterocycles. The summed E-state index contributed by atoms with van der Waals surface area (Å²) in [7, 11) is 0. The van der Waals surface area contributed by atoms with Crippen LogP contribution in [0.2, 0.25) is 0 Å². The van der Waals surface area contributed by atoms with Crippen LogP contribution in [-0.4, -0.2) is 18.4 Å². The first-order valence-corrected chi connectivity index (χ1v) is 9.65. The summed E-state index contributed by atoms with van der Waals surface area (Å²) >= 11 is 3.49. The Morgan fingerprint density at radius 2 is 1.96 bits per heavy atom. The second-order valence-electron chi connectivity index (χ2n) is 7.07. The van der Waals surface area contributed by atoms with Gasteiger partial charge < -0.3 is 5.32 Å². The number of aryl methyl sites for hydroxylation is 1. The van der Waals surface area contributed by atoms with Crippen LogP contribution in [0.5, 0.6) is 0 Å². The molecule has 0 aliphatic carbocycles. The third-order valence-electron chi connectivity index (χ3n) is 4.65. The van der Waals surface area contributed by atoms with Crippen molar-refractivity contribution in [2.24, 2.45) is 5.92 Å². The molecule has 0 fully saturated rings. The quantitative estimate of drug-likeness (QED) is 0.775. The van der Waals surface area contributed by atoms with Crippen molar-refractivity contribution in [1.29, 1.82) is 0 Å². The molecular formula is C21H23BrN2O2. The van der Waals surface area contributed by atoms with Gasteiger partial charge in [-0.2, -0.15) is 0 Å². The highest BCUT2D eigenvalue weighted by Gasteiger charge is 2.41. The van der Waals surface area contributed by atoms with Gasteiger partial charge in [-0.25, -0.2) is 0 Å². The van der Waals surface area contributed by atoms with Crippen molar-refractivity contribution in [2.45, 2.75) is 33.2 Å². The Balaban J connectivity index is 1.97. The molecule has 0 bridgehead atoms. The Hall–Kier alpha value is -2.14. The van der Waals surface area contributed by atoms with Crippen LogP contribution in [0.4, 0.5) is 5.69 Å². The van der Waals surface area contributed by atoms with E-state index >= 15 is 0 Å². The first-order chi connectivity index (χ1) is 12.4. The third kappa shape index (κ3) is 3.54. The average molecular weight is 415 g/mol. The summed E-state index contributed by atoms with van der Waals surface area (Å²) in [6.45, 7) is 6.82. The van der Waals surface area contributed by atoms with Crippen LogP contribution in [0.25, 0.3) is 0 Å². The van der Waals surface area contributed by atoms with Gasteiger partial charge in [-0.05, 0) is 54.7 Å². The lowest BCUT2D eigenvalue weighted by molar-refractivity contribution is -0.122. The Kier molecular flexibility index (Phi) is 5.47. The number of halogens is 1. The highest BCUT2D eigenvalue weighted by Crippen LogP contribution is 2.38. The largest absolute Gasteiger partial charge is 0.354 e. The fourth-order valence-electron chi connectivity index (χ4n) is 3.20. The Morgan fingerprint density at radius 1 is 1.23 bits per heavy atom. The highest BCUT2D eigenvalue weighted by atomic mass is 79.9. The van der Waals surface area contributed by atoms with Gasteiger partial charge in [0.15, 0.2) is 0 Å². The molecule has 1 aliphatic heterocycles.